The SMILES string of the molecule is O=C(O)Cc1csc(Sc2snc3ccccc23)n1. The van der Waals surface area contributed by atoms with Gasteiger partial charge in [0.2, 0.25) is 0 Å². The van der Waals surface area contributed by atoms with Crippen LogP contribution in [0, 0.1) is 0 Å². The summed E-state index contributed by atoms with van der Waals surface area (Å²) in [5.74, 6) is -0.856. The predicted molar refractivity (Wildman–Crippen MR) is 77.2 cm³/mol. The zero-order chi connectivity index (χ0) is 13.2. The lowest BCUT2D eigenvalue weighted by molar-refractivity contribution is -0.136. The standard InChI is InChI=1S/C12H8N2O2S3/c15-10(16)5-7-6-17-12(13-7)18-11-8-3-1-2-4-9(8)14-19-11/h1-4,6H,5H2,(H,15,16). The first-order chi connectivity index (χ1) is 9.22. The Labute approximate surface area is 121 Å². The fourth-order valence-electron chi connectivity index (χ4n) is 1.59. The number of carboxylic acids is 1. The fourth-order valence-corrected chi connectivity index (χ4v) is 4.59. The van der Waals surface area contributed by atoms with Gasteiger partial charge in [0.05, 0.1) is 21.8 Å². The Bertz CT molecular complexity index is 735. The third-order valence-electron chi connectivity index (χ3n) is 2.39. The molecule has 1 aromatic carbocycles. The topological polar surface area (TPSA) is 63.1 Å². The summed E-state index contributed by atoms with van der Waals surface area (Å²) in [5.41, 5.74) is 1.59. The fraction of sp³-hybridized carbons (Fsp3) is 0.0833. The van der Waals surface area contributed by atoms with E-state index in [1.165, 1.54) is 22.9 Å². The normalized spacial score (nSPS) is 10.9. The number of thiazole rings is 1. The van der Waals surface area contributed by atoms with Crippen molar-refractivity contribution in [2.75, 3.05) is 0 Å². The molecule has 0 radical (unpaired) electrons. The lowest BCUT2D eigenvalue weighted by Gasteiger charge is -1.93. The molecule has 7 heteroatoms. The van der Waals surface area contributed by atoms with Gasteiger partial charge in [0, 0.05) is 10.8 Å². The van der Waals surface area contributed by atoms with Crippen LogP contribution in [0.5, 0.6) is 0 Å². The summed E-state index contributed by atoms with van der Waals surface area (Å²) in [6, 6.07) is 7.96. The van der Waals surface area contributed by atoms with Crippen LogP contribution < -0.4 is 0 Å². The lowest BCUT2D eigenvalue weighted by Crippen LogP contribution is -1.99. The molecule has 0 aliphatic heterocycles. The molecular weight excluding hydrogens is 300 g/mol. The molecule has 19 heavy (non-hydrogen) atoms. The Morgan fingerprint density at radius 3 is 3.05 bits per heavy atom. The predicted octanol–water partition coefficient (Wildman–Crippen LogP) is 3.53. The van der Waals surface area contributed by atoms with E-state index in [0.717, 1.165) is 19.5 Å². The van der Waals surface area contributed by atoms with Crippen LogP contribution in [0.25, 0.3) is 10.9 Å². The Kier molecular flexibility index (Phi) is 3.50. The molecule has 0 unspecified atom stereocenters. The molecule has 3 aromatic rings. The van der Waals surface area contributed by atoms with Gasteiger partial charge in [-0.15, -0.1) is 11.3 Å². The van der Waals surface area contributed by atoms with Gasteiger partial charge in [0.15, 0.2) is 4.34 Å². The number of aliphatic carboxylic acids is 1. The van der Waals surface area contributed by atoms with Gasteiger partial charge in [-0.2, -0.15) is 4.37 Å². The van der Waals surface area contributed by atoms with Crippen molar-refractivity contribution in [2.24, 2.45) is 0 Å². The van der Waals surface area contributed by atoms with Crippen LogP contribution >= 0.6 is 34.6 Å². The van der Waals surface area contributed by atoms with Crippen molar-refractivity contribution in [1.29, 1.82) is 0 Å². The number of benzene rings is 1. The van der Waals surface area contributed by atoms with Crippen LogP contribution in [0.3, 0.4) is 0 Å². The van der Waals surface area contributed by atoms with Gasteiger partial charge in [-0.25, -0.2) is 4.98 Å². The number of carboxylic acid groups (broad SMARTS) is 1. The third kappa shape index (κ3) is 2.78. The maximum Gasteiger partial charge on any atom is 0.309 e. The van der Waals surface area contributed by atoms with Crippen LogP contribution in [-0.2, 0) is 11.2 Å². The first-order valence-corrected chi connectivity index (χ1v) is 7.88. The van der Waals surface area contributed by atoms with Crippen molar-refractivity contribution in [3.63, 3.8) is 0 Å². The molecule has 0 fully saturated rings. The summed E-state index contributed by atoms with van der Waals surface area (Å²) in [6.45, 7) is 0. The monoisotopic (exact) mass is 308 g/mol. The zero-order valence-corrected chi connectivity index (χ0v) is 12.0. The minimum Gasteiger partial charge on any atom is -0.481 e. The van der Waals surface area contributed by atoms with Crippen molar-refractivity contribution in [3.8, 4) is 0 Å². The summed E-state index contributed by atoms with van der Waals surface area (Å²) >= 11 is 4.45. The van der Waals surface area contributed by atoms with E-state index in [2.05, 4.69) is 9.36 Å². The number of hydrogen-bond acceptors (Lipinski definition) is 6. The summed E-state index contributed by atoms with van der Waals surface area (Å²) in [6.07, 6.45) is -0.0273. The van der Waals surface area contributed by atoms with Crippen LogP contribution in [0.4, 0.5) is 0 Å². The van der Waals surface area contributed by atoms with Crippen molar-refractivity contribution < 1.29 is 9.90 Å². The lowest BCUT2D eigenvalue weighted by atomic mass is 10.3. The Balaban J connectivity index is 1.84. The first-order valence-electron chi connectivity index (χ1n) is 5.41. The van der Waals surface area contributed by atoms with Gasteiger partial charge >= 0.3 is 5.97 Å². The molecule has 0 aliphatic rings. The second-order valence-corrected chi connectivity index (χ2v) is 6.91. The van der Waals surface area contributed by atoms with Crippen molar-refractivity contribution in [2.45, 2.75) is 15.0 Å². The van der Waals surface area contributed by atoms with E-state index in [0.29, 0.717) is 5.69 Å². The maximum absolute atomic E-state index is 10.6. The number of nitrogens with zero attached hydrogens (tertiary/aromatic N) is 2. The van der Waals surface area contributed by atoms with E-state index >= 15 is 0 Å². The molecule has 2 aromatic heterocycles. The molecule has 0 atom stereocenters. The van der Waals surface area contributed by atoms with Crippen molar-refractivity contribution in [3.05, 3.63) is 35.3 Å². The van der Waals surface area contributed by atoms with E-state index in [4.69, 9.17) is 5.11 Å². The van der Waals surface area contributed by atoms with Gasteiger partial charge in [-0.05, 0) is 29.4 Å². The molecule has 2 heterocycles. The third-order valence-corrected chi connectivity index (χ3v) is 5.43. The van der Waals surface area contributed by atoms with Gasteiger partial charge in [-0.3, -0.25) is 4.79 Å². The highest BCUT2D eigenvalue weighted by molar-refractivity contribution is 8.02. The molecule has 0 amide bonds. The largest absolute Gasteiger partial charge is 0.481 e. The van der Waals surface area contributed by atoms with Gasteiger partial charge < -0.3 is 5.11 Å². The number of aromatic nitrogens is 2. The molecule has 1 N–H and O–H groups in total. The summed E-state index contributed by atoms with van der Waals surface area (Å²) in [7, 11) is 0. The van der Waals surface area contributed by atoms with Gasteiger partial charge in [0.25, 0.3) is 0 Å². The minimum absolute atomic E-state index is 0.0273. The quantitative estimate of drug-likeness (QED) is 0.799. The van der Waals surface area contributed by atoms with Crippen molar-refractivity contribution in [1.82, 2.24) is 9.36 Å². The van der Waals surface area contributed by atoms with E-state index in [1.807, 2.05) is 24.3 Å². The van der Waals surface area contributed by atoms with Crippen LogP contribution in [0.15, 0.2) is 38.2 Å². The van der Waals surface area contributed by atoms with Gasteiger partial charge in [-0.1, -0.05) is 18.2 Å². The molecule has 0 saturated carbocycles. The number of hydrogen-bond donors (Lipinski definition) is 1. The molecular formula is C12H8N2O2S3. The van der Waals surface area contributed by atoms with Crippen LogP contribution in [0.2, 0.25) is 0 Å². The molecule has 0 spiro atoms. The second-order valence-electron chi connectivity index (χ2n) is 3.76. The average Bonchev–Trinajstić information content (AvgIpc) is 2.97. The summed E-state index contributed by atoms with van der Waals surface area (Å²) < 4.78 is 6.32. The van der Waals surface area contributed by atoms with Crippen LogP contribution in [0.1, 0.15) is 5.69 Å². The number of fused-ring (bicyclic) bond motifs is 1. The molecule has 3 rings (SSSR count). The van der Waals surface area contributed by atoms with Gasteiger partial charge in [0.1, 0.15) is 0 Å². The first kappa shape index (κ1) is 12.6. The summed E-state index contributed by atoms with van der Waals surface area (Å²) in [4.78, 5) is 14.9. The highest BCUT2D eigenvalue weighted by Gasteiger charge is 2.11. The Morgan fingerprint density at radius 2 is 2.21 bits per heavy atom. The Hall–Kier alpha value is -1.44. The highest BCUT2D eigenvalue weighted by atomic mass is 32.2. The van der Waals surface area contributed by atoms with E-state index in [-0.39, 0.29) is 6.42 Å². The van der Waals surface area contributed by atoms with Crippen molar-refractivity contribution >= 4 is 51.5 Å². The average molecular weight is 308 g/mol. The molecule has 4 nitrogen and oxygen atoms in total. The highest BCUT2D eigenvalue weighted by Crippen LogP contribution is 2.37. The molecule has 0 bridgehead atoms. The minimum atomic E-state index is -0.856. The molecule has 0 saturated heterocycles. The zero-order valence-electron chi connectivity index (χ0n) is 9.57. The maximum atomic E-state index is 10.6. The molecule has 96 valence electrons. The summed E-state index contributed by atoms with van der Waals surface area (Å²) in [5, 5.41) is 11.6. The van der Waals surface area contributed by atoms with E-state index in [1.54, 1.807) is 17.1 Å². The van der Waals surface area contributed by atoms with E-state index < -0.39 is 5.97 Å². The second kappa shape index (κ2) is 5.28. The number of rotatable bonds is 4. The smallest absolute Gasteiger partial charge is 0.309 e. The number of carbonyl (C=O) groups is 1. The Morgan fingerprint density at radius 1 is 1.37 bits per heavy atom. The molecule has 0 aliphatic carbocycles. The van der Waals surface area contributed by atoms with E-state index in [9.17, 15) is 4.79 Å². The van der Waals surface area contributed by atoms with Crippen LogP contribution in [-0.4, -0.2) is 20.4 Å².